The Kier molecular flexibility index (Phi) is 2.71. The second-order valence-electron chi connectivity index (χ2n) is 4.47. The zero-order valence-corrected chi connectivity index (χ0v) is 11.3. The summed E-state index contributed by atoms with van der Waals surface area (Å²) in [5.41, 5.74) is 3.87. The molecule has 1 heterocycles. The van der Waals surface area contributed by atoms with Gasteiger partial charge in [0, 0.05) is 4.47 Å². The highest BCUT2D eigenvalue weighted by atomic mass is 79.9. The first-order valence-corrected chi connectivity index (χ1v) is 6.57. The van der Waals surface area contributed by atoms with E-state index in [0.717, 1.165) is 28.8 Å². The summed E-state index contributed by atoms with van der Waals surface area (Å²) >= 11 is 3.51. The highest BCUT2D eigenvalue weighted by Gasteiger charge is 2.14. The Hall–Kier alpha value is -1.22. The fourth-order valence-electron chi connectivity index (χ4n) is 2.23. The lowest BCUT2D eigenvalue weighted by Gasteiger charge is -2.09. The van der Waals surface area contributed by atoms with E-state index >= 15 is 0 Å². The number of benzene rings is 2. The number of hydrogen-bond donors (Lipinski definition) is 0. The third kappa shape index (κ3) is 2.12. The maximum Gasteiger partial charge on any atom is 0.139 e. The van der Waals surface area contributed by atoms with Crippen LogP contribution in [0.5, 0.6) is 11.5 Å². The van der Waals surface area contributed by atoms with Crippen LogP contribution in [-0.2, 0) is 12.8 Å². The zero-order chi connectivity index (χ0) is 11.8. The summed E-state index contributed by atoms with van der Waals surface area (Å²) < 4.78 is 7.10. The molecule has 0 unspecified atom stereocenters. The molecular formula is C14H12BBrO. The van der Waals surface area contributed by atoms with Crippen LogP contribution < -0.4 is 10.2 Å². The molecule has 0 amide bonds. The van der Waals surface area contributed by atoms with Crippen LogP contribution in [-0.4, -0.2) is 7.85 Å². The highest BCUT2D eigenvalue weighted by Crippen LogP contribution is 2.34. The summed E-state index contributed by atoms with van der Waals surface area (Å²) in [6.07, 6.45) is 2.08. The molecule has 84 valence electrons. The molecule has 0 bridgehead atoms. The molecule has 1 aliphatic rings. The van der Waals surface area contributed by atoms with Gasteiger partial charge in [-0.3, -0.25) is 0 Å². The van der Waals surface area contributed by atoms with Crippen molar-refractivity contribution in [2.75, 3.05) is 0 Å². The van der Waals surface area contributed by atoms with Crippen LogP contribution in [0.1, 0.15) is 11.1 Å². The van der Waals surface area contributed by atoms with E-state index in [9.17, 15) is 0 Å². The Morgan fingerprint density at radius 3 is 2.35 bits per heavy atom. The van der Waals surface area contributed by atoms with Crippen molar-refractivity contribution in [3.63, 3.8) is 0 Å². The number of halogens is 1. The van der Waals surface area contributed by atoms with Crippen molar-refractivity contribution in [1.82, 2.24) is 0 Å². The third-order valence-electron chi connectivity index (χ3n) is 3.12. The molecule has 0 saturated carbocycles. The van der Waals surface area contributed by atoms with Gasteiger partial charge in [0.1, 0.15) is 19.3 Å². The fraction of sp³-hybridized carbons (Fsp3) is 0.143. The second-order valence-corrected chi connectivity index (χ2v) is 5.38. The summed E-state index contributed by atoms with van der Waals surface area (Å²) in [6.45, 7) is 0. The van der Waals surface area contributed by atoms with Crippen LogP contribution in [0.3, 0.4) is 0 Å². The third-order valence-corrected chi connectivity index (χ3v) is 3.62. The van der Waals surface area contributed by atoms with E-state index in [1.165, 1.54) is 16.6 Å². The maximum atomic E-state index is 5.99. The van der Waals surface area contributed by atoms with E-state index in [2.05, 4.69) is 48.0 Å². The van der Waals surface area contributed by atoms with Crippen molar-refractivity contribution >= 4 is 29.2 Å². The summed E-state index contributed by atoms with van der Waals surface area (Å²) in [4.78, 5) is 0. The Balaban J connectivity index is 2.07. The van der Waals surface area contributed by atoms with Crippen molar-refractivity contribution < 1.29 is 4.74 Å². The number of rotatable bonds is 0. The largest absolute Gasteiger partial charge is 0.457 e. The van der Waals surface area contributed by atoms with E-state index < -0.39 is 0 Å². The monoisotopic (exact) mass is 286 g/mol. The number of fused-ring (bicyclic) bond motifs is 2. The van der Waals surface area contributed by atoms with E-state index in [1.807, 2.05) is 12.1 Å². The summed E-state index contributed by atoms with van der Waals surface area (Å²) in [7, 11) is 2.12. The average molecular weight is 287 g/mol. The van der Waals surface area contributed by atoms with Crippen LogP contribution in [0, 0.1) is 0 Å². The van der Waals surface area contributed by atoms with Gasteiger partial charge in [-0.15, -0.1) is 0 Å². The molecule has 0 saturated heterocycles. The lowest BCUT2D eigenvalue weighted by Crippen LogP contribution is -2.03. The van der Waals surface area contributed by atoms with Crippen LogP contribution >= 0.6 is 15.9 Å². The van der Waals surface area contributed by atoms with Crippen LogP contribution in [0.2, 0.25) is 0 Å². The van der Waals surface area contributed by atoms with Crippen molar-refractivity contribution in [1.29, 1.82) is 0 Å². The Morgan fingerprint density at radius 2 is 1.59 bits per heavy atom. The van der Waals surface area contributed by atoms with Crippen molar-refractivity contribution in [2.24, 2.45) is 0 Å². The highest BCUT2D eigenvalue weighted by molar-refractivity contribution is 9.10. The first kappa shape index (κ1) is 10.9. The first-order chi connectivity index (χ1) is 8.22. The lowest BCUT2D eigenvalue weighted by molar-refractivity contribution is 0.479. The van der Waals surface area contributed by atoms with E-state index in [0.29, 0.717) is 0 Å². The van der Waals surface area contributed by atoms with Gasteiger partial charge in [0.15, 0.2) is 0 Å². The molecular weight excluding hydrogens is 275 g/mol. The Labute approximate surface area is 110 Å². The molecule has 1 aliphatic heterocycles. The van der Waals surface area contributed by atoms with Crippen molar-refractivity contribution in [3.05, 3.63) is 52.0 Å². The molecule has 1 nitrogen and oxygen atoms in total. The Morgan fingerprint density at radius 1 is 0.941 bits per heavy atom. The van der Waals surface area contributed by atoms with Gasteiger partial charge in [-0.25, -0.2) is 0 Å². The van der Waals surface area contributed by atoms with Gasteiger partial charge >= 0.3 is 0 Å². The van der Waals surface area contributed by atoms with Gasteiger partial charge < -0.3 is 4.74 Å². The molecule has 17 heavy (non-hydrogen) atoms. The lowest BCUT2D eigenvalue weighted by atomic mass is 9.92. The second kappa shape index (κ2) is 4.23. The number of ether oxygens (including phenoxy) is 1. The average Bonchev–Trinajstić information content (AvgIpc) is 2.48. The van der Waals surface area contributed by atoms with Gasteiger partial charge in [-0.2, -0.15) is 0 Å². The molecule has 2 aromatic carbocycles. The molecule has 0 N–H and O–H groups in total. The van der Waals surface area contributed by atoms with Gasteiger partial charge in [0.2, 0.25) is 0 Å². The van der Waals surface area contributed by atoms with Crippen LogP contribution in [0.15, 0.2) is 40.9 Å². The predicted octanol–water partition coefficient (Wildman–Crippen LogP) is 2.60. The van der Waals surface area contributed by atoms with Gasteiger partial charge in [0.25, 0.3) is 0 Å². The minimum absolute atomic E-state index is 0.982. The van der Waals surface area contributed by atoms with Crippen molar-refractivity contribution in [3.8, 4) is 11.5 Å². The molecule has 2 aromatic rings. The molecule has 0 aromatic heterocycles. The minimum atomic E-state index is 0.982. The molecule has 3 heteroatoms. The smallest absolute Gasteiger partial charge is 0.139 e. The quantitative estimate of drug-likeness (QED) is 0.677. The summed E-state index contributed by atoms with van der Waals surface area (Å²) in [5, 5.41) is 0. The van der Waals surface area contributed by atoms with E-state index in [4.69, 9.17) is 4.74 Å². The minimum Gasteiger partial charge on any atom is -0.457 e. The first-order valence-electron chi connectivity index (χ1n) is 5.78. The van der Waals surface area contributed by atoms with Gasteiger partial charge in [0.05, 0.1) is 0 Å². The van der Waals surface area contributed by atoms with Crippen LogP contribution in [0.25, 0.3) is 0 Å². The topological polar surface area (TPSA) is 9.23 Å². The maximum absolute atomic E-state index is 5.99. The predicted molar refractivity (Wildman–Crippen MR) is 76.2 cm³/mol. The van der Waals surface area contributed by atoms with Gasteiger partial charge in [-0.1, -0.05) is 33.5 Å². The van der Waals surface area contributed by atoms with E-state index in [1.54, 1.807) is 0 Å². The van der Waals surface area contributed by atoms with Crippen molar-refractivity contribution in [2.45, 2.75) is 12.8 Å². The van der Waals surface area contributed by atoms with Gasteiger partial charge in [-0.05, 0) is 48.2 Å². The SMILES string of the molecule is Bc1ccc2c(c1)CCc1cc(Br)ccc1O2. The normalized spacial score (nSPS) is 13.2. The molecule has 0 aliphatic carbocycles. The number of hydrogen-bond acceptors (Lipinski definition) is 1. The van der Waals surface area contributed by atoms with E-state index in [-0.39, 0.29) is 0 Å². The fourth-order valence-corrected chi connectivity index (χ4v) is 2.64. The number of aryl methyl sites for hydroxylation is 2. The molecule has 0 atom stereocenters. The molecule has 0 spiro atoms. The molecule has 3 rings (SSSR count). The Bertz CT molecular complexity index is 529. The van der Waals surface area contributed by atoms with Crippen LogP contribution in [0.4, 0.5) is 0 Å². The molecule has 0 radical (unpaired) electrons. The zero-order valence-electron chi connectivity index (χ0n) is 9.66. The summed E-state index contributed by atoms with van der Waals surface area (Å²) in [6, 6.07) is 12.6. The summed E-state index contributed by atoms with van der Waals surface area (Å²) in [5.74, 6) is 1.98. The molecule has 0 fully saturated rings. The standard InChI is InChI=1S/C14H12BBrO/c15-11-3-5-13-9(7-11)1-2-10-8-12(16)4-6-14(10)17-13/h3-8H,1-2,15H2.